The van der Waals surface area contributed by atoms with Gasteiger partial charge in [-0.25, -0.2) is 0 Å². The molecule has 0 bridgehead atoms. The van der Waals surface area contributed by atoms with Gasteiger partial charge in [0, 0.05) is 49.3 Å². The van der Waals surface area contributed by atoms with Crippen molar-refractivity contribution < 1.29 is 0 Å². The minimum absolute atomic E-state index is 0.927. The van der Waals surface area contributed by atoms with Crippen molar-refractivity contribution in [2.45, 2.75) is 116 Å². The second kappa shape index (κ2) is 22.4. The molecule has 5 unspecified atom stereocenters. The van der Waals surface area contributed by atoms with Gasteiger partial charge in [0.25, 0.3) is 0 Å². The van der Waals surface area contributed by atoms with Crippen LogP contribution in [0, 0.1) is 29.6 Å². The molecule has 0 radical (unpaired) electrons. The third kappa shape index (κ3) is 17.8. The van der Waals surface area contributed by atoms with E-state index in [9.17, 15) is 0 Å². The Morgan fingerprint density at radius 1 is 0.370 bits per heavy atom. The van der Waals surface area contributed by atoms with Crippen molar-refractivity contribution in [1.82, 2.24) is 0 Å². The summed E-state index contributed by atoms with van der Waals surface area (Å²) in [6.45, 7) is 0. The summed E-state index contributed by atoms with van der Waals surface area (Å²) < 4.78 is 0. The van der Waals surface area contributed by atoms with Crippen molar-refractivity contribution in [2.24, 2.45) is 29.6 Å². The molecular weight excluding hydrogens is 733 g/mol. The molecule has 0 nitrogen and oxygen atoms in total. The maximum atomic E-state index is 2.36. The lowest BCUT2D eigenvalue weighted by atomic mass is 10.2. The highest BCUT2D eigenvalue weighted by molar-refractivity contribution is 8.08. The monoisotopic (exact) mass is 796 g/mol. The van der Waals surface area contributed by atoms with E-state index in [0.717, 1.165) is 55.8 Å². The van der Waals surface area contributed by atoms with E-state index in [1.165, 1.54) is 165 Å². The van der Waals surface area contributed by atoms with Crippen LogP contribution in [0.2, 0.25) is 0 Å². The van der Waals surface area contributed by atoms with Crippen LogP contribution in [0.1, 0.15) is 89.9 Å². The van der Waals surface area contributed by atoms with Crippen LogP contribution in [0.3, 0.4) is 0 Å². The van der Waals surface area contributed by atoms with E-state index in [-0.39, 0.29) is 0 Å². The predicted molar refractivity (Wildman–Crippen MR) is 233 cm³/mol. The summed E-state index contributed by atoms with van der Waals surface area (Å²) in [5.41, 5.74) is 0. The molecule has 0 aromatic heterocycles. The van der Waals surface area contributed by atoms with Gasteiger partial charge in [-0.05, 0) is 171 Å². The minimum Gasteiger partial charge on any atom is -0.162 e. The predicted octanol–water partition coefficient (Wildman–Crippen LogP) is 12.1. The van der Waals surface area contributed by atoms with Crippen molar-refractivity contribution in [3.63, 3.8) is 0 Å². The molecule has 266 valence electrons. The zero-order valence-electron chi connectivity index (χ0n) is 28.5. The first-order valence-corrected chi connectivity index (χ1v) is 29.0. The highest BCUT2D eigenvalue weighted by atomic mass is 32.2. The van der Waals surface area contributed by atoms with Crippen LogP contribution in [-0.4, -0.2) is 101 Å². The number of thioether (sulfide) groups is 9. The lowest BCUT2D eigenvalue weighted by Gasteiger charge is -2.27. The lowest BCUT2D eigenvalue weighted by molar-refractivity contribution is 0.820. The van der Waals surface area contributed by atoms with Crippen molar-refractivity contribution in [2.75, 3.05) is 74.8 Å². The third-order valence-corrected chi connectivity index (χ3v) is 23.7. The Kier molecular flexibility index (Phi) is 18.9. The smallest absolute Gasteiger partial charge is 0.0257 e. The molecule has 2 saturated heterocycles. The van der Waals surface area contributed by atoms with E-state index < -0.39 is 0 Å². The van der Waals surface area contributed by atoms with Crippen molar-refractivity contribution >= 4 is 106 Å². The molecule has 7 fully saturated rings. The van der Waals surface area contributed by atoms with Crippen molar-refractivity contribution in [3.05, 3.63) is 0 Å². The summed E-state index contributed by atoms with van der Waals surface area (Å²) in [5.74, 6) is 24.1. The fourth-order valence-electron chi connectivity index (χ4n) is 5.76. The van der Waals surface area contributed by atoms with E-state index in [2.05, 4.69) is 106 Å². The van der Waals surface area contributed by atoms with Crippen LogP contribution >= 0.6 is 106 Å². The molecule has 5 saturated carbocycles. The van der Waals surface area contributed by atoms with E-state index in [0.29, 0.717) is 0 Å². The normalized spacial score (nSPS) is 31.7. The summed E-state index contributed by atoms with van der Waals surface area (Å²) in [4.78, 5) is 0. The Hall–Kier alpha value is 3.15. The van der Waals surface area contributed by atoms with Gasteiger partial charge in [0.1, 0.15) is 0 Å². The minimum atomic E-state index is 0.927. The molecular formula is C37H64S9. The van der Waals surface area contributed by atoms with Gasteiger partial charge in [-0.15, -0.1) is 0 Å². The Bertz CT molecular complexity index is 775. The summed E-state index contributed by atoms with van der Waals surface area (Å²) >= 11 is 20.5. The largest absolute Gasteiger partial charge is 0.162 e. The maximum absolute atomic E-state index is 2.36. The Labute approximate surface area is 323 Å². The third-order valence-electron chi connectivity index (χ3n) is 10.2. The van der Waals surface area contributed by atoms with Crippen LogP contribution in [-0.2, 0) is 0 Å². The first-order chi connectivity index (χ1) is 22.8. The number of rotatable bonds is 23. The van der Waals surface area contributed by atoms with Gasteiger partial charge in [-0.3, -0.25) is 0 Å². The van der Waals surface area contributed by atoms with E-state index in [4.69, 9.17) is 0 Å². The average molecular weight is 798 g/mol. The molecule has 0 N–H and O–H groups in total. The summed E-state index contributed by atoms with van der Waals surface area (Å²) in [7, 11) is 0. The SMILES string of the molecule is C(CC1CSC(CCSCC2CC2)C(SCC2CC2)CS1)SCC1CC1.C(CC1CSC(CCSCC2CC2)CS1)SCC1CC1. The number of hydrogen-bond acceptors (Lipinski definition) is 9. The fraction of sp³-hybridized carbons (Fsp3) is 1.00. The van der Waals surface area contributed by atoms with Gasteiger partial charge in [0.2, 0.25) is 0 Å². The van der Waals surface area contributed by atoms with Crippen molar-refractivity contribution in [1.29, 1.82) is 0 Å². The topological polar surface area (TPSA) is 0 Å². The quantitative estimate of drug-likeness (QED) is 0.0919. The van der Waals surface area contributed by atoms with E-state index in [1.54, 1.807) is 0 Å². The molecule has 2 aliphatic heterocycles. The zero-order valence-corrected chi connectivity index (χ0v) is 35.9. The average Bonchev–Trinajstić information content (AvgIpc) is 3.87. The molecule has 5 aliphatic carbocycles. The van der Waals surface area contributed by atoms with E-state index >= 15 is 0 Å². The fourth-order valence-corrected chi connectivity index (χ4v) is 19.8. The Morgan fingerprint density at radius 2 is 0.717 bits per heavy atom. The van der Waals surface area contributed by atoms with Gasteiger partial charge in [0.05, 0.1) is 0 Å². The first kappa shape index (κ1) is 38.9. The summed E-state index contributed by atoms with van der Waals surface area (Å²) in [6, 6.07) is 0. The van der Waals surface area contributed by atoms with Gasteiger partial charge < -0.3 is 0 Å². The molecule has 7 aliphatic rings. The lowest BCUT2D eigenvalue weighted by Crippen LogP contribution is -2.23. The van der Waals surface area contributed by atoms with Crippen LogP contribution < -0.4 is 0 Å². The summed E-state index contributed by atoms with van der Waals surface area (Å²) in [5, 5.41) is 4.71. The molecule has 46 heavy (non-hydrogen) atoms. The van der Waals surface area contributed by atoms with Crippen LogP contribution in [0.25, 0.3) is 0 Å². The van der Waals surface area contributed by atoms with E-state index in [1.807, 2.05) is 0 Å². The van der Waals surface area contributed by atoms with Crippen molar-refractivity contribution in [3.8, 4) is 0 Å². The molecule has 7 rings (SSSR count). The van der Waals surface area contributed by atoms with Crippen LogP contribution in [0.15, 0.2) is 0 Å². The molecule has 9 heteroatoms. The summed E-state index contributed by atoms with van der Waals surface area (Å²) in [6.07, 6.45) is 21.0. The van der Waals surface area contributed by atoms with Gasteiger partial charge >= 0.3 is 0 Å². The van der Waals surface area contributed by atoms with Crippen LogP contribution in [0.5, 0.6) is 0 Å². The molecule has 0 amide bonds. The molecule has 5 atom stereocenters. The Morgan fingerprint density at radius 3 is 1.11 bits per heavy atom. The Balaban J connectivity index is 0.000000167. The standard InChI is InChI=1S/C21H36S5.C16H28S4/c1-2-16(1)11-22-9-7-19-14-26-20(8-10-23-12-17-3-4-17)21(15-24-19)25-13-18-5-6-18;1-2-13(1)9-17-7-5-15-11-20-16(12-19-15)6-8-18-10-14-3-4-14/h16-21H,1-15H2;13-16H,1-12H2. The zero-order chi connectivity index (χ0) is 31.2. The highest BCUT2D eigenvalue weighted by Gasteiger charge is 2.32. The molecule has 0 aromatic rings. The second-order valence-electron chi connectivity index (χ2n) is 15.3. The molecule has 2 heterocycles. The first-order valence-electron chi connectivity index (χ1n) is 19.2. The molecule has 0 aromatic carbocycles. The maximum Gasteiger partial charge on any atom is 0.0257 e. The number of hydrogen-bond donors (Lipinski definition) is 0. The van der Waals surface area contributed by atoms with Crippen LogP contribution in [0.4, 0.5) is 0 Å². The highest BCUT2D eigenvalue weighted by Crippen LogP contribution is 2.43. The van der Waals surface area contributed by atoms with Gasteiger partial charge in [-0.1, -0.05) is 0 Å². The van der Waals surface area contributed by atoms with Gasteiger partial charge in [0.15, 0.2) is 0 Å². The second-order valence-corrected chi connectivity index (χ2v) is 26.4. The van der Waals surface area contributed by atoms with Gasteiger partial charge in [-0.2, -0.15) is 106 Å². The molecule has 0 spiro atoms.